The van der Waals surface area contributed by atoms with E-state index in [1.54, 1.807) is 0 Å². The first-order valence-corrected chi connectivity index (χ1v) is 4.72. The van der Waals surface area contributed by atoms with Crippen LogP contribution < -0.4 is 5.32 Å². The molecule has 1 N–H and O–H groups in total. The number of amides is 1. The molecule has 3 heteroatoms. The van der Waals surface area contributed by atoms with Crippen LogP contribution in [0.4, 0.5) is 0 Å². The second kappa shape index (κ2) is 11.2. The smallest absolute Gasteiger partial charge is 0.243 e. The Balaban J connectivity index is -0.000000376. The van der Waals surface area contributed by atoms with Crippen LogP contribution in [0, 0.1) is 0 Å². The maximum Gasteiger partial charge on any atom is 0.243 e. The van der Waals surface area contributed by atoms with Crippen molar-refractivity contribution in [1.29, 1.82) is 0 Å². The summed E-state index contributed by atoms with van der Waals surface area (Å²) in [5.41, 5.74) is 0. The van der Waals surface area contributed by atoms with Crippen LogP contribution in [0.2, 0.25) is 0 Å². The van der Waals surface area contributed by atoms with Gasteiger partial charge in [0.05, 0.1) is 0 Å². The fraction of sp³-hybridized carbons (Fsp3) is 0.700. The molecule has 0 aliphatic carbocycles. The van der Waals surface area contributed by atoms with Crippen LogP contribution in [0.25, 0.3) is 0 Å². The van der Waals surface area contributed by atoms with Gasteiger partial charge >= 0.3 is 0 Å². The lowest BCUT2D eigenvalue weighted by Crippen LogP contribution is -2.25. The molecule has 1 amide bonds. The predicted molar refractivity (Wildman–Crippen MR) is 59.8 cm³/mol. The van der Waals surface area contributed by atoms with Crippen molar-refractivity contribution >= 4 is 5.91 Å². The third kappa shape index (κ3) is 14.1. The zero-order valence-electron chi connectivity index (χ0n) is 9.26. The molecule has 0 spiro atoms. The topological polar surface area (TPSA) is 32.3 Å². The Kier molecular flexibility index (Phi) is 12.6. The minimum Gasteiger partial charge on any atom is -0.353 e. The van der Waals surface area contributed by atoms with E-state index in [4.69, 9.17) is 0 Å². The molecule has 0 bridgehead atoms. The van der Waals surface area contributed by atoms with Crippen molar-refractivity contribution in [2.75, 3.05) is 27.2 Å². The van der Waals surface area contributed by atoms with Crippen molar-refractivity contribution in [3.8, 4) is 0 Å². The van der Waals surface area contributed by atoms with Crippen LogP contribution in [0.15, 0.2) is 12.7 Å². The summed E-state index contributed by atoms with van der Waals surface area (Å²) in [5.74, 6) is -0.0937. The third-order valence-corrected chi connectivity index (χ3v) is 1.27. The van der Waals surface area contributed by atoms with Gasteiger partial charge in [-0.05, 0) is 33.1 Å². The van der Waals surface area contributed by atoms with Gasteiger partial charge in [0.15, 0.2) is 0 Å². The van der Waals surface area contributed by atoms with Crippen molar-refractivity contribution in [2.45, 2.75) is 20.3 Å². The van der Waals surface area contributed by atoms with E-state index in [2.05, 4.69) is 16.8 Å². The van der Waals surface area contributed by atoms with E-state index in [0.29, 0.717) is 0 Å². The first-order valence-electron chi connectivity index (χ1n) is 4.72. The zero-order chi connectivity index (χ0) is 10.7. The van der Waals surface area contributed by atoms with Crippen LogP contribution >= 0.6 is 0 Å². The van der Waals surface area contributed by atoms with E-state index >= 15 is 0 Å². The van der Waals surface area contributed by atoms with E-state index in [1.807, 2.05) is 27.9 Å². The Hall–Kier alpha value is -0.830. The molecule has 0 atom stereocenters. The van der Waals surface area contributed by atoms with Gasteiger partial charge < -0.3 is 10.2 Å². The molecule has 0 aromatic carbocycles. The normalized spacial score (nSPS) is 8.69. The largest absolute Gasteiger partial charge is 0.353 e. The number of hydrogen-bond donors (Lipinski definition) is 1. The van der Waals surface area contributed by atoms with E-state index < -0.39 is 0 Å². The number of carbonyl (C=O) groups is 1. The summed E-state index contributed by atoms with van der Waals surface area (Å²) in [5, 5.41) is 2.70. The fourth-order valence-electron chi connectivity index (χ4n) is 0.679. The second-order valence-electron chi connectivity index (χ2n) is 2.65. The van der Waals surface area contributed by atoms with Gasteiger partial charge in [0.2, 0.25) is 5.91 Å². The summed E-state index contributed by atoms with van der Waals surface area (Å²) in [4.78, 5) is 12.7. The van der Waals surface area contributed by atoms with Crippen LogP contribution in [0.5, 0.6) is 0 Å². The van der Waals surface area contributed by atoms with Crippen LogP contribution in [-0.2, 0) is 4.79 Å². The molecule has 0 radical (unpaired) electrons. The van der Waals surface area contributed by atoms with Gasteiger partial charge in [-0.25, -0.2) is 0 Å². The highest BCUT2D eigenvalue weighted by Gasteiger charge is 1.92. The first-order chi connectivity index (χ1) is 6.16. The van der Waals surface area contributed by atoms with Gasteiger partial charge in [0.25, 0.3) is 0 Å². The molecule has 0 rings (SSSR count). The lowest BCUT2D eigenvalue weighted by atomic mass is 10.4. The molecule has 0 aliphatic rings. The van der Waals surface area contributed by atoms with Crippen LogP contribution in [0.1, 0.15) is 21.7 Å². The molecule has 0 unspecified atom stereocenters. The summed E-state index contributed by atoms with van der Waals surface area (Å²) in [6, 6.07) is 0. The molecular weight excluding hydrogens is 164 g/mol. The van der Waals surface area contributed by atoms with E-state index in [1.165, 1.54) is 6.08 Å². The molecule has 0 aromatic rings. The number of hydrogen-bond acceptors (Lipinski definition) is 2. The fourth-order valence-corrected chi connectivity index (χ4v) is 0.679. The number of carbonyl (C=O) groups excluding carboxylic acids is 1. The maximum absolute atomic E-state index is 10.6. The molecule has 0 fully saturated rings. The standard InChI is InChI=1S/C8H16N2O.C2H6.H2/c1-4-8(11)9-6-5-7-10(2)3;1-2;/h4H,1,5-7H2,2-3H3,(H,9,11);1-2H3;1H. The van der Waals surface area contributed by atoms with Gasteiger partial charge in [0, 0.05) is 7.97 Å². The van der Waals surface area contributed by atoms with E-state index in [0.717, 1.165) is 19.5 Å². The summed E-state index contributed by atoms with van der Waals surface area (Å²) in [7, 11) is 4.02. The van der Waals surface area contributed by atoms with Crippen LogP contribution in [-0.4, -0.2) is 38.0 Å². The Morgan fingerprint density at radius 1 is 1.54 bits per heavy atom. The van der Waals surface area contributed by atoms with Gasteiger partial charge in [0.1, 0.15) is 0 Å². The molecular formula is C10H24N2O. The quantitative estimate of drug-likeness (QED) is 0.524. The molecule has 3 nitrogen and oxygen atoms in total. The molecule has 0 aliphatic heterocycles. The summed E-state index contributed by atoms with van der Waals surface area (Å²) in [6.07, 6.45) is 2.27. The van der Waals surface area contributed by atoms with Crippen molar-refractivity contribution < 1.29 is 6.22 Å². The molecule has 0 saturated heterocycles. The molecule has 13 heavy (non-hydrogen) atoms. The van der Waals surface area contributed by atoms with E-state index in [-0.39, 0.29) is 7.33 Å². The molecule has 0 saturated carbocycles. The highest BCUT2D eigenvalue weighted by atomic mass is 16.1. The lowest BCUT2D eigenvalue weighted by molar-refractivity contribution is -0.116. The SMILES string of the molecule is C=CC(=O)NCCCN(C)C.CC.[HH]. The Labute approximate surface area is 83.3 Å². The van der Waals surface area contributed by atoms with Gasteiger partial charge in [-0.1, -0.05) is 20.4 Å². The molecule has 0 heterocycles. The minimum absolute atomic E-state index is 0. The maximum atomic E-state index is 10.6. The predicted octanol–water partition coefficient (Wildman–Crippen LogP) is 1.51. The lowest BCUT2D eigenvalue weighted by Gasteiger charge is -2.08. The zero-order valence-corrected chi connectivity index (χ0v) is 9.26. The highest BCUT2D eigenvalue weighted by Crippen LogP contribution is 1.80. The average molecular weight is 188 g/mol. The Morgan fingerprint density at radius 2 is 2.08 bits per heavy atom. The van der Waals surface area contributed by atoms with Gasteiger partial charge in [-0.3, -0.25) is 4.79 Å². The van der Waals surface area contributed by atoms with Crippen molar-refractivity contribution in [2.24, 2.45) is 0 Å². The Bertz CT molecular complexity index is 138. The number of nitrogens with one attached hydrogen (secondary N) is 1. The summed E-state index contributed by atoms with van der Waals surface area (Å²) in [6.45, 7) is 9.07. The van der Waals surface area contributed by atoms with Crippen molar-refractivity contribution in [1.82, 2.24) is 10.2 Å². The summed E-state index contributed by atoms with van der Waals surface area (Å²) < 4.78 is 0. The van der Waals surface area contributed by atoms with Crippen molar-refractivity contribution in [3.05, 3.63) is 12.7 Å². The monoisotopic (exact) mass is 188 g/mol. The summed E-state index contributed by atoms with van der Waals surface area (Å²) >= 11 is 0. The third-order valence-electron chi connectivity index (χ3n) is 1.27. The minimum atomic E-state index is -0.0937. The number of nitrogens with zero attached hydrogens (tertiary/aromatic N) is 1. The number of rotatable bonds is 5. The molecule has 80 valence electrons. The average Bonchev–Trinajstić information content (AvgIpc) is 2.15. The van der Waals surface area contributed by atoms with E-state index in [9.17, 15) is 4.79 Å². The first kappa shape index (κ1) is 14.7. The van der Waals surface area contributed by atoms with Crippen LogP contribution in [0.3, 0.4) is 0 Å². The molecule has 0 aromatic heterocycles. The van der Waals surface area contributed by atoms with Gasteiger partial charge in [-0.15, -0.1) is 0 Å². The van der Waals surface area contributed by atoms with Gasteiger partial charge in [-0.2, -0.15) is 0 Å². The second-order valence-corrected chi connectivity index (χ2v) is 2.65. The highest BCUT2D eigenvalue weighted by molar-refractivity contribution is 5.86. The Morgan fingerprint density at radius 3 is 2.46 bits per heavy atom. The van der Waals surface area contributed by atoms with Crippen molar-refractivity contribution in [3.63, 3.8) is 0 Å².